The summed E-state index contributed by atoms with van der Waals surface area (Å²) in [4.78, 5) is 4.76. The van der Waals surface area contributed by atoms with Crippen molar-refractivity contribution in [2.45, 2.75) is 32.1 Å². The van der Waals surface area contributed by atoms with Crippen LogP contribution in [0.3, 0.4) is 0 Å². The van der Waals surface area contributed by atoms with E-state index in [4.69, 9.17) is 4.74 Å². The summed E-state index contributed by atoms with van der Waals surface area (Å²) < 4.78 is 5.61. The number of aliphatic hydroxyl groups is 1. The third-order valence-electron chi connectivity index (χ3n) is 4.22. The molecule has 4 heteroatoms. The van der Waals surface area contributed by atoms with E-state index in [1.54, 1.807) is 0 Å². The molecule has 2 atom stereocenters. The Morgan fingerprint density at radius 2 is 2.05 bits per heavy atom. The highest BCUT2D eigenvalue weighted by Crippen LogP contribution is 2.11. The lowest BCUT2D eigenvalue weighted by Gasteiger charge is -2.39. The predicted octanol–water partition coefficient (Wildman–Crippen LogP) is 1.59. The summed E-state index contributed by atoms with van der Waals surface area (Å²) in [5.41, 5.74) is 1.15. The topological polar surface area (TPSA) is 35.9 Å². The molecule has 1 aliphatic heterocycles. The Labute approximate surface area is 128 Å². The van der Waals surface area contributed by atoms with Crippen LogP contribution in [0.25, 0.3) is 0 Å². The zero-order valence-electron chi connectivity index (χ0n) is 13.2. The fourth-order valence-corrected chi connectivity index (χ4v) is 2.85. The Morgan fingerprint density at radius 1 is 1.29 bits per heavy atom. The fraction of sp³-hybridized carbons (Fsp3) is 0.647. The molecule has 1 heterocycles. The molecule has 1 aliphatic rings. The van der Waals surface area contributed by atoms with Gasteiger partial charge in [-0.1, -0.05) is 37.3 Å². The molecule has 0 aromatic heterocycles. The molecular weight excluding hydrogens is 264 g/mol. The number of piperazine rings is 1. The van der Waals surface area contributed by atoms with Crippen LogP contribution >= 0.6 is 0 Å². The second-order valence-electron chi connectivity index (χ2n) is 5.96. The summed E-state index contributed by atoms with van der Waals surface area (Å²) in [6, 6.07) is 10.7. The van der Waals surface area contributed by atoms with Gasteiger partial charge in [-0.05, 0) is 19.0 Å². The van der Waals surface area contributed by atoms with Crippen molar-refractivity contribution in [1.82, 2.24) is 9.80 Å². The van der Waals surface area contributed by atoms with Crippen molar-refractivity contribution < 1.29 is 9.84 Å². The normalized spacial score (nSPS) is 22.3. The Bertz CT molecular complexity index is 399. The molecule has 1 aromatic carbocycles. The van der Waals surface area contributed by atoms with Crippen LogP contribution < -0.4 is 0 Å². The highest BCUT2D eigenvalue weighted by molar-refractivity contribution is 5.13. The molecule has 0 amide bonds. The van der Waals surface area contributed by atoms with Gasteiger partial charge in [0.25, 0.3) is 0 Å². The minimum Gasteiger partial charge on any atom is -0.389 e. The molecule has 0 aliphatic carbocycles. The zero-order chi connectivity index (χ0) is 15.1. The number of nitrogens with zero attached hydrogens (tertiary/aromatic N) is 2. The summed E-state index contributed by atoms with van der Waals surface area (Å²) in [5, 5.41) is 10.1. The summed E-state index contributed by atoms with van der Waals surface area (Å²) >= 11 is 0. The maximum absolute atomic E-state index is 10.1. The van der Waals surface area contributed by atoms with Gasteiger partial charge in [0.05, 0.1) is 19.3 Å². The monoisotopic (exact) mass is 292 g/mol. The Hall–Kier alpha value is -0.940. The van der Waals surface area contributed by atoms with Crippen LogP contribution in [0.1, 0.15) is 18.9 Å². The van der Waals surface area contributed by atoms with E-state index in [0.717, 1.165) is 31.6 Å². The molecule has 1 saturated heterocycles. The van der Waals surface area contributed by atoms with Crippen molar-refractivity contribution in [3.05, 3.63) is 35.9 Å². The number of hydrogen-bond donors (Lipinski definition) is 1. The first-order valence-corrected chi connectivity index (χ1v) is 7.91. The quantitative estimate of drug-likeness (QED) is 0.828. The fourth-order valence-electron chi connectivity index (χ4n) is 2.85. The standard InChI is InChI=1S/C17H28N2O2/c1-3-16-11-19(10-9-18(16)2)12-17(20)14-21-13-15-7-5-4-6-8-15/h4-8,16-17,20H,3,9-14H2,1-2H3. The first-order valence-electron chi connectivity index (χ1n) is 7.91. The average molecular weight is 292 g/mol. The van der Waals surface area contributed by atoms with Gasteiger partial charge >= 0.3 is 0 Å². The van der Waals surface area contributed by atoms with Crippen molar-refractivity contribution in [2.24, 2.45) is 0 Å². The minimum atomic E-state index is -0.408. The summed E-state index contributed by atoms with van der Waals surface area (Å²) in [6.07, 6.45) is 0.753. The molecule has 0 bridgehead atoms. The first-order chi connectivity index (χ1) is 10.2. The summed E-state index contributed by atoms with van der Waals surface area (Å²) in [5.74, 6) is 0. The van der Waals surface area contributed by atoms with E-state index in [1.807, 2.05) is 30.3 Å². The maximum atomic E-state index is 10.1. The molecule has 0 spiro atoms. The highest BCUT2D eigenvalue weighted by Gasteiger charge is 2.24. The number of ether oxygens (including phenoxy) is 1. The molecule has 1 N–H and O–H groups in total. The molecule has 4 nitrogen and oxygen atoms in total. The number of aliphatic hydroxyl groups excluding tert-OH is 1. The van der Waals surface area contributed by atoms with Crippen LogP contribution in [0.4, 0.5) is 0 Å². The third kappa shape index (κ3) is 5.40. The van der Waals surface area contributed by atoms with E-state index < -0.39 is 6.10 Å². The number of β-amino-alcohol motifs (C(OH)–C–C–N with tert-alkyl or cyclic N) is 1. The van der Waals surface area contributed by atoms with E-state index in [1.165, 1.54) is 0 Å². The van der Waals surface area contributed by atoms with E-state index >= 15 is 0 Å². The average Bonchev–Trinajstić information content (AvgIpc) is 2.50. The number of benzene rings is 1. The van der Waals surface area contributed by atoms with Gasteiger partial charge in [-0.3, -0.25) is 4.90 Å². The SMILES string of the molecule is CCC1CN(CC(O)COCc2ccccc2)CCN1C. The second-order valence-corrected chi connectivity index (χ2v) is 5.96. The molecule has 0 saturated carbocycles. The predicted molar refractivity (Wildman–Crippen MR) is 85.3 cm³/mol. The van der Waals surface area contributed by atoms with Crippen molar-refractivity contribution >= 4 is 0 Å². The molecule has 1 aromatic rings. The molecule has 2 unspecified atom stereocenters. The lowest BCUT2D eigenvalue weighted by Crippen LogP contribution is -2.53. The van der Waals surface area contributed by atoms with E-state index in [-0.39, 0.29) is 0 Å². The molecule has 118 valence electrons. The lowest BCUT2D eigenvalue weighted by atomic mass is 10.1. The summed E-state index contributed by atoms with van der Waals surface area (Å²) in [7, 11) is 2.19. The van der Waals surface area contributed by atoms with Gasteiger partial charge in [0.15, 0.2) is 0 Å². The van der Waals surface area contributed by atoms with Crippen LogP contribution in [0.5, 0.6) is 0 Å². The number of likely N-dealkylation sites (N-methyl/N-ethyl adjacent to an activating group) is 1. The van der Waals surface area contributed by atoms with Gasteiger partial charge in [-0.2, -0.15) is 0 Å². The molecule has 0 radical (unpaired) electrons. The van der Waals surface area contributed by atoms with Crippen LogP contribution in [0.2, 0.25) is 0 Å². The van der Waals surface area contributed by atoms with Crippen molar-refractivity contribution in [1.29, 1.82) is 0 Å². The Kier molecular flexibility index (Phi) is 6.64. The van der Waals surface area contributed by atoms with E-state index in [2.05, 4.69) is 23.8 Å². The molecule has 21 heavy (non-hydrogen) atoms. The van der Waals surface area contributed by atoms with Crippen LogP contribution in [0, 0.1) is 0 Å². The van der Waals surface area contributed by atoms with Crippen molar-refractivity contribution in [3.8, 4) is 0 Å². The van der Waals surface area contributed by atoms with Crippen LogP contribution in [0.15, 0.2) is 30.3 Å². The van der Waals surface area contributed by atoms with Gasteiger partial charge in [0.2, 0.25) is 0 Å². The number of rotatable bonds is 7. The van der Waals surface area contributed by atoms with Gasteiger partial charge in [0.1, 0.15) is 0 Å². The Morgan fingerprint density at radius 3 is 2.76 bits per heavy atom. The van der Waals surface area contributed by atoms with Gasteiger partial charge in [-0.15, -0.1) is 0 Å². The molecule has 1 fully saturated rings. The van der Waals surface area contributed by atoms with Gasteiger partial charge < -0.3 is 14.7 Å². The maximum Gasteiger partial charge on any atom is 0.0900 e. The lowest BCUT2D eigenvalue weighted by molar-refractivity contribution is -0.00492. The van der Waals surface area contributed by atoms with E-state index in [0.29, 0.717) is 25.8 Å². The van der Waals surface area contributed by atoms with Gasteiger partial charge in [-0.25, -0.2) is 0 Å². The van der Waals surface area contributed by atoms with Crippen LogP contribution in [-0.2, 0) is 11.3 Å². The number of hydrogen-bond acceptors (Lipinski definition) is 4. The molecule has 2 rings (SSSR count). The minimum absolute atomic E-state index is 0.401. The first kappa shape index (κ1) is 16.4. The second kappa shape index (κ2) is 8.49. The summed E-state index contributed by atoms with van der Waals surface area (Å²) in [6.45, 7) is 7.06. The smallest absolute Gasteiger partial charge is 0.0900 e. The van der Waals surface area contributed by atoms with Crippen molar-refractivity contribution in [2.75, 3.05) is 39.8 Å². The zero-order valence-corrected chi connectivity index (χ0v) is 13.2. The van der Waals surface area contributed by atoms with Crippen LogP contribution in [-0.4, -0.2) is 66.9 Å². The Balaban J connectivity index is 1.66. The van der Waals surface area contributed by atoms with Gasteiger partial charge in [0, 0.05) is 32.2 Å². The van der Waals surface area contributed by atoms with E-state index in [9.17, 15) is 5.11 Å². The molecular formula is C17H28N2O2. The van der Waals surface area contributed by atoms with Crippen molar-refractivity contribution in [3.63, 3.8) is 0 Å². The third-order valence-corrected chi connectivity index (χ3v) is 4.22. The largest absolute Gasteiger partial charge is 0.389 e. The highest BCUT2D eigenvalue weighted by atomic mass is 16.5.